The SMILES string of the molecule is O=C(O)CON=C(C(=O)NC1C(=O)N2C(C(=O)O)=C(/C=C/Cl)CS[C@H]12)c1cscn1. The average Bonchev–Trinajstić information content (AvgIpc) is 3.23. The second-order valence-corrected chi connectivity index (χ2v) is 7.89. The Kier molecular flexibility index (Phi) is 6.74. The van der Waals surface area contributed by atoms with Crippen LogP contribution in [0.1, 0.15) is 5.69 Å². The normalized spacial score (nSPS) is 21.3. The summed E-state index contributed by atoms with van der Waals surface area (Å²) in [6, 6.07) is -0.998. The van der Waals surface area contributed by atoms with E-state index in [4.69, 9.17) is 16.7 Å². The lowest BCUT2D eigenvalue weighted by molar-refractivity contribution is -0.150. The first kappa shape index (κ1) is 21.8. The highest BCUT2D eigenvalue weighted by Crippen LogP contribution is 2.40. The number of allylic oxidation sites excluding steroid dienone is 1. The minimum Gasteiger partial charge on any atom is -0.479 e. The van der Waals surface area contributed by atoms with E-state index < -0.39 is 41.8 Å². The molecule has 0 aliphatic carbocycles. The smallest absolute Gasteiger partial charge is 0.352 e. The van der Waals surface area contributed by atoms with Gasteiger partial charge in [-0.1, -0.05) is 16.8 Å². The summed E-state index contributed by atoms with van der Waals surface area (Å²) in [7, 11) is 0. The quantitative estimate of drug-likeness (QED) is 0.277. The number of thiazole rings is 1. The minimum absolute atomic E-state index is 0.142. The van der Waals surface area contributed by atoms with Crippen molar-refractivity contribution in [1.82, 2.24) is 15.2 Å². The summed E-state index contributed by atoms with van der Waals surface area (Å²) in [4.78, 5) is 57.2. The number of hydrogen-bond acceptors (Lipinski definition) is 9. The maximum atomic E-state index is 12.7. The molecule has 2 amide bonds. The van der Waals surface area contributed by atoms with Gasteiger partial charge in [-0.05, 0) is 11.6 Å². The first-order valence-electron chi connectivity index (χ1n) is 8.14. The van der Waals surface area contributed by atoms with E-state index in [1.807, 2.05) is 0 Å². The largest absolute Gasteiger partial charge is 0.479 e. The summed E-state index contributed by atoms with van der Waals surface area (Å²) in [6.45, 7) is -0.765. The molecule has 14 heteroatoms. The van der Waals surface area contributed by atoms with Gasteiger partial charge in [-0.15, -0.1) is 23.1 Å². The molecule has 1 aromatic heterocycles. The van der Waals surface area contributed by atoms with Gasteiger partial charge in [0.25, 0.3) is 11.8 Å². The van der Waals surface area contributed by atoms with Crippen molar-refractivity contribution in [3.63, 3.8) is 0 Å². The van der Waals surface area contributed by atoms with Crippen molar-refractivity contribution in [3.05, 3.63) is 39.5 Å². The van der Waals surface area contributed by atoms with E-state index in [0.717, 1.165) is 10.4 Å². The van der Waals surface area contributed by atoms with Crippen molar-refractivity contribution in [3.8, 4) is 0 Å². The summed E-state index contributed by atoms with van der Waals surface area (Å²) < 4.78 is 0. The molecule has 11 nitrogen and oxygen atoms in total. The number of β-lactam (4-membered cyclic amide) rings is 1. The lowest BCUT2D eigenvalue weighted by atomic mass is 10.0. The van der Waals surface area contributed by atoms with Crippen LogP contribution < -0.4 is 5.32 Å². The van der Waals surface area contributed by atoms with E-state index >= 15 is 0 Å². The van der Waals surface area contributed by atoms with Gasteiger partial charge in [-0.2, -0.15) is 0 Å². The lowest BCUT2D eigenvalue weighted by Gasteiger charge is -2.49. The standard InChI is InChI=1S/C16H13ClN4O7S2/c17-2-1-7-4-30-15-11(14(25)21(15)12(7)16(26)27)19-13(24)10(8-5-29-6-18-8)20-28-3-9(22)23/h1-2,5-6,11,15H,3-4H2,(H,19,24)(H,22,23)(H,26,27)/b2-1+,20-10?/t11?,15-/m1/s1. The third-order valence-corrected chi connectivity index (χ3v) is 6.00. The summed E-state index contributed by atoms with van der Waals surface area (Å²) >= 11 is 7.98. The Labute approximate surface area is 182 Å². The monoisotopic (exact) mass is 472 g/mol. The number of carboxylic acid groups (broad SMARTS) is 2. The topological polar surface area (TPSA) is 158 Å². The molecule has 3 N–H and O–H groups in total. The number of aromatic nitrogens is 1. The Morgan fingerprint density at radius 2 is 2.20 bits per heavy atom. The van der Waals surface area contributed by atoms with Gasteiger partial charge in [0.2, 0.25) is 6.61 Å². The molecule has 3 rings (SSSR count). The molecule has 1 fully saturated rings. The third kappa shape index (κ3) is 4.32. The molecule has 0 spiro atoms. The highest BCUT2D eigenvalue weighted by Gasteiger charge is 2.54. The number of carbonyl (C=O) groups is 4. The summed E-state index contributed by atoms with van der Waals surface area (Å²) in [6.07, 6.45) is 1.40. The Morgan fingerprint density at radius 3 is 2.80 bits per heavy atom. The Hall–Kier alpha value is -2.90. The lowest BCUT2D eigenvalue weighted by Crippen LogP contribution is -2.71. The molecule has 2 aliphatic rings. The highest BCUT2D eigenvalue weighted by molar-refractivity contribution is 8.00. The summed E-state index contributed by atoms with van der Waals surface area (Å²) in [5.41, 5.74) is 2.63. The van der Waals surface area contributed by atoms with E-state index in [0.29, 0.717) is 5.57 Å². The number of carboxylic acids is 2. The zero-order valence-corrected chi connectivity index (χ0v) is 17.2. The molecule has 0 aromatic carbocycles. The van der Waals surface area contributed by atoms with Gasteiger partial charge in [0.05, 0.1) is 5.51 Å². The average molecular weight is 473 g/mol. The number of rotatable bonds is 8. The van der Waals surface area contributed by atoms with Crippen LogP contribution in [0.4, 0.5) is 0 Å². The summed E-state index contributed by atoms with van der Waals surface area (Å²) in [5.74, 6) is -3.70. The van der Waals surface area contributed by atoms with E-state index in [-0.39, 0.29) is 22.9 Å². The van der Waals surface area contributed by atoms with Gasteiger partial charge in [0.15, 0.2) is 5.71 Å². The molecule has 158 valence electrons. The van der Waals surface area contributed by atoms with E-state index in [9.17, 15) is 24.3 Å². The third-order valence-electron chi connectivity index (χ3n) is 3.99. The predicted octanol–water partition coefficient (Wildman–Crippen LogP) is 0.440. The molecule has 1 unspecified atom stereocenters. The first-order chi connectivity index (χ1) is 14.3. The van der Waals surface area contributed by atoms with E-state index in [2.05, 4.69) is 20.3 Å². The Bertz CT molecular complexity index is 976. The number of amides is 2. The fraction of sp³-hybridized carbons (Fsp3) is 0.250. The molecular weight excluding hydrogens is 460 g/mol. The van der Waals surface area contributed by atoms with Gasteiger partial charge < -0.3 is 20.4 Å². The van der Waals surface area contributed by atoms with E-state index in [1.165, 1.54) is 40.1 Å². The van der Waals surface area contributed by atoms with Crippen molar-refractivity contribution in [2.75, 3.05) is 12.4 Å². The van der Waals surface area contributed by atoms with Crippen LogP contribution in [0.2, 0.25) is 0 Å². The fourth-order valence-corrected chi connectivity index (χ4v) is 4.75. The molecule has 30 heavy (non-hydrogen) atoms. The van der Waals surface area contributed by atoms with E-state index in [1.54, 1.807) is 0 Å². The van der Waals surface area contributed by atoms with Crippen LogP contribution in [0.5, 0.6) is 0 Å². The van der Waals surface area contributed by atoms with Crippen LogP contribution in [-0.2, 0) is 24.0 Å². The van der Waals surface area contributed by atoms with Crippen molar-refractivity contribution in [1.29, 1.82) is 0 Å². The van der Waals surface area contributed by atoms with Crippen LogP contribution in [0.25, 0.3) is 0 Å². The molecule has 1 aromatic rings. The van der Waals surface area contributed by atoms with Crippen LogP contribution >= 0.6 is 34.7 Å². The van der Waals surface area contributed by atoms with Crippen LogP contribution in [0.15, 0.2) is 38.9 Å². The molecule has 3 heterocycles. The molecule has 0 bridgehead atoms. The van der Waals surface area contributed by atoms with Gasteiger partial charge in [0, 0.05) is 16.7 Å². The number of carbonyl (C=O) groups excluding carboxylic acids is 2. The zero-order valence-electron chi connectivity index (χ0n) is 14.9. The molecular formula is C16H13ClN4O7S2. The van der Waals surface area contributed by atoms with Gasteiger partial charge in [-0.25, -0.2) is 14.6 Å². The number of nitrogens with one attached hydrogen (secondary N) is 1. The second kappa shape index (κ2) is 9.28. The van der Waals surface area contributed by atoms with Gasteiger partial charge in [-0.3, -0.25) is 14.5 Å². The molecule has 0 radical (unpaired) electrons. The fourth-order valence-electron chi connectivity index (χ4n) is 2.74. The second-order valence-electron chi connectivity index (χ2n) is 5.81. The van der Waals surface area contributed by atoms with Crippen molar-refractivity contribution >= 4 is 64.2 Å². The minimum atomic E-state index is -1.28. The number of nitrogens with zero attached hydrogens (tertiary/aromatic N) is 3. The highest BCUT2D eigenvalue weighted by atomic mass is 35.5. The van der Waals surface area contributed by atoms with Crippen molar-refractivity contribution in [2.24, 2.45) is 5.16 Å². The molecule has 0 saturated carbocycles. The maximum Gasteiger partial charge on any atom is 0.352 e. The maximum absolute atomic E-state index is 12.7. The number of aliphatic carboxylic acids is 2. The van der Waals surface area contributed by atoms with Crippen LogP contribution in [-0.4, -0.2) is 73.3 Å². The van der Waals surface area contributed by atoms with Crippen LogP contribution in [0, 0.1) is 0 Å². The molecule has 1 saturated heterocycles. The number of oxime groups is 1. The van der Waals surface area contributed by atoms with Gasteiger partial charge >= 0.3 is 11.9 Å². The predicted molar refractivity (Wildman–Crippen MR) is 107 cm³/mol. The number of hydrogen-bond donors (Lipinski definition) is 3. The number of thioether (sulfide) groups is 1. The Balaban J connectivity index is 1.78. The van der Waals surface area contributed by atoms with Crippen LogP contribution in [0.3, 0.4) is 0 Å². The molecule has 2 aliphatic heterocycles. The number of halogens is 1. The first-order valence-corrected chi connectivity index (χ1v) is 10.6. The molecule has 2 atom stereocenters. The Morgan fingerprint density at radius 1 is 1.43 bits per heavy atom. The van der Waals surface area contributed by atoms with Gasteiger partial charge in [0.1, 0.15) is 22.8 Å². The summed E-state index contributed by atoms with van der Waals surface area (Å²) in [5, 5.41) is 25.0. The van der Waals surface area contributed by atoms with Crippen molar-refractivity contribution < 1.29 is 34.2 Å². The van der Waals surface area contributed by atoms with Crippen molar-refractivity contribution in [2.45, 2.75) is 11.4 Å². The zero-order chi connectivity index (χ0) is 21.8. The number of fused-ring (bicyclic) bond motifs is 1.